The van der Waals surface area contributed by atoms with Crippen LogP contribution in [0.15, 0.2) is 224 Å². The number of ether oxygens (including phenoxy) is 8. The first kappa shape index (κ1) is 39.6. The van der Waals surface area contributed by atoms with Crippen molar-refractivity contribution < 1.29 is 43.0 Å². The van der Waals surface area contributed by atoms with Gasteiger partial charge < -0.3 is 43.0 Å². The molecule has 308 valence electrons. The molecule has 0 radical (unpaired) electrons. The highest BCUT2D eigenvalue weighted by molar-refractivity contribution is 5.52. The maximum atomic E-state index is 10.6. The summed E-state index contributed by atoms with van der Waals surface area (Å²) in [6, 6.07) is 67.8. The van der Waals surface area contributed by atoms with Crippen LogP contribution in [0.5, 0.6) is 97.7 Å². The molecular weight excluding hydrogens is 793 g/mol. The van der Waals surface area contributed by atoms with Crippen LogP contribution >= 0.6 is 0 Å². The van der Waals surface area contributed by atoms with Crippen molar-refractivity contribution >= 4 is 0 Å². The number of para-hydroxylation sites is 3. The molecule has 0 saturated heterocycles. The molecule has 0 heterocycles. The van der Waals surface area contributed by atoms with E-state index < -0.39 is 0 Å². The fourth-order valence-corrected chi connectivity index (χ4v) is 6.19. The van der Waals surface area contributed by atoms with E-state index in [0.29, 0.717) is 74.7 Å². The summed E-state index contributed by atoms with van der Waals surface area (Å²) in [5.74, 6) is 9.20. The molecule has 63 heavy (non-hydrogen) atoms. The van der Waals surface area contributed by atoms with Gasteiger partial charge in [0.05, 0.1) is 0 Å². The average molecular weight is 831 g/mol. The van der Waals surface area contributed by atoms with Crippen LogP contribution < -0.4 is 37.9 Å². The van der Waals surface area contributed by atoms with Crippen molar-refractivity contribution in [3.8, 4) is 97.7 Å². The average Bonchev–Trinajstić information content (AvgIpc) is 3.32. The van der Waals surface area contributed by atoms with Gasteiger partial charge in [0, 0.05) is 12.1 Å². The summed E-state index contributed by atoms with van der Waals surface area (Å²) < 4.78 is 48.8. The lowest BCUT2D eigenvalue weighted by Crippen LogP contribution is -1.93. The smallest absolute Gasteiger partial charge is 0.173 e. The van der Waals surface area contributed by atoms with Gasteiger partial charge in [-0.2, -0.15) is 0 Å². The summed E-state index contributed by atoms with van der Waals surface area (Å²) in [5.41, 5.74) is 0. The van der Waals surface area contributed by atoms with E-state index in [2.05, 4.69) is 0 Å². The summed E-state index contributed by atoms with van der Waals surface area (Å²) in [5, 5.41) is 10.6. The molecule has 0 atom stereocenters. The molecule has 0 saturated carbocycles. The zero-order chi connectivity index (χ0) is 42.6. The molecule has 0 aliphatic heterocycles. The van der Waals surface area contributed by atoms with E-state index in [1.54, 1.807) is 48.5 Å². The maximum Gasteiger partial charge on any atom is 0.173 e. The number of aromatic hydroxyl groups is 1. The lowest BCUT2D eigenvalue weighted by Gasteiger charge is -2.15. The van der Waals surface area contributed by atoms with Gasteiger partial charge in [-0.15, -0.1) is 0 Å². The summed E-state index contributed by atoms with van der Waals surface area (Å²) in [6.45, 7) is 0. The van der Waals surface area contributed by atoms with Crippen molar-refractivity contribution in [2.75, 3.05) is 0 Å². The Morgan fingerprint density at radius 3 is 0.794 bits per heavy atom. The standard InChI is InChI=1S/C54H38O9/c55-51-34-32-49(60-45-18-16-41(17-19-45)56-38-10-4-1-5-11-38)36-53(51)62-47-28-22-44(23-29-47)58-43-20-26-46(27-21-43)61-52-35-33-50(59-40-14-8-3-9-15-40)37-54(52)63-48-30-24-42(25-31-48)57-39-12-6-2-7-13-39/h1-37,55H. The molecule has 0 aliphatic rings. The van der Waals surface area contributed by atoms with E-state index >= 15 is 0 Å². The van der Waals surface area contributed by atoms with Gasteiger partial charge in [-0.05, 0) is 158 Å². The van der Waals surface area contributed by atoms with Gasteiger partial charge in [-0.1, -0.05) is 54.6 Å². The highest BCUT2D eigenvalue weighted by Gasteiger charge is 2.13. The minimum absolute atomic E-state index is 0.0324. The van der Waals surface area contributed by atoms with Crippen molar-refractivity contribution in [1.29, 1.82) is 0 Å². The van der Waals surface area contributed by atoms with Gasteiger partial charge in [0.15, 0.2) is 23.0 Å². The van der Waals surface area contributed by atoms with Gasteiger partial charge >= 0.3 is 0 Å². The highest BCUT2D eigenvalue weighted by Crippen LogP contribution is 2.41. The Morgan fingerprint density at radius 1 is 0.190 bits per heavy atom. The van der Waals surface area contributed by atoms with Crippen LogP contribution in [0.25, 0.3) is 0 Å². The van der Waals surface area contributed by atoms with E-state index in [4.69, 9.17) is 37.9 Å². The Bertz CT molecular complexity index is 2850. The van der Waals surface area contributed by atoms with Gasteiger partial charge in [0.25, 0.3) is 0 Å². The third kappa shape index (κ3) is 10.9. The predicted molar refractivity (Wildman–Crippen MR) is 240 cm³/mol. The van der Waals surface area contributed by atoms with E-state index in [1.807, 2.05) is 170 Å². The first-order valence-corrected chi connectivity index (χ1v) is 20.0. The second-order valence-corrected chi connectivity index (χ2v) is 13.9. The minimum atomic E-state index is -0.0324. The lowest BCUT2D eigenvalue weighted by molar-refractivity contribution is 0.404. The first-order chi connectivity index (χ1) is 31.0. The third-order valence-corrected chi connectivity index (χ3v) is 9.23. The van der Waals surface area contributed by atoms with Crippen LogP contribution in [-0.2, 0) is 0 Å². The molecule has 0 unspecified atom stereocenters. The number of hydrogen-bond donors (Lipinski definition) is 1. The Labute approximate surface area is 364 Å². The second kappa shape index (κ2) is 19.1. The van der Waals surface area contributed by atoms with Crippen molar-refractivity contribution in [2.24, 2.45) is 0 Å². The Kier molecular flexibility index (Phi) is 12.0. The number of phenolic OH excluding ortho intramolecular Hbond substituents is 1. The fraction of sp³-hybridized carbons (Fsp3) is 0. The zero-order valence-electron chi connectivity index (χ0n) is 33.6. The van der Waals surface area contributed by atoms with Gasteiger partial charge in [-0.3, -0.25) is 0 Å². The molecular formula is C54H38O9. The zero-order valence-corrected chi connectivity index (χ0v) is 33.6. The Balaban J connectivity index is 0.825. The summed E-state index contributed by atoms with van der Waals surface area (Å²) >= 11 is 0. The SMILES string of the molecule is Oc1ccc(Oc2ccc(Oc3ccccc3)cc2)cc1Oc1ccc(Oc2ccc(Oc3ccc(Oc4ccccc4)cc3Oc3ccc(Oc4ccccc4)cc3)cc2)cc1. The first-order valence-electron chi connectivity index (χ1n) is 20.0. The fourth-order valence-electron chi connectivity index (χ4n) is 6.19. The minimum Gasteiger partial charge on any atom is -0.504 e. The van der Waals surface area contributed by atoms with Crippen LogP contribution in [0, 0.1) is 0 Å². The van der Waals surface area contributed by atoms with Crippen molar-refractivity contribution in [1.82, 2.24) is 0 Å². The lowest BCUT2D eigenvalue weighted by atomic mass is 10.2. The number of rotatable bonds is 16. The van der Waals surface area contributed by atoms with Crippen LogP contribution in [0.1, 0.15) is 0 Å². The topological polar surface area (TPSA) is 94.1 Å². The quantitative estimate of drug-likeness (QED) is 0.102. The molecule has 0 aromatic heterocycles. The maximum absolute atomic E-state index is 10.6. The van der Waals surface area contributed by atoms with E-state index in [-0.39, 0.29) is 11.5 Å². The van der Waals surface area contributed by atoms with Crippen molar-refractivity contribution in [2.45, 2.75) is 0 Å². The third-order valence-electron chi connectivity index (χ3n) is 9.23. The van der Waals surface area contributed by atoms with E-state index in [1.165, 1.54) is 6.07 Å². The van der Waals surface area contributed by atoms with Crippen LogP contribution in [0.2, 0.25) is 0 Å². The number of phenols is 1. The van der Waals surface area contributed by atoms with Crippen molar-refractivity contribution in [3.05, 3.63) is 224 Å². The molecule has 0 aliphatic carbocycles. The normalized spacial score (nSPS) is 10.6. The molecule has 9 nitrogen and oxygen atoms in total. The van der Waals surface area contributed by atoms with Gasteiger partial charge in [-0.25, -0.2) is 0 Å². The van der Waals surface area contributed by atoms with E-state index in [0.717, 1.165) is 11.5 Å². The Hall–Kier alpha value is -8.82. The van der Waals surface area contributed by atoms with Gasteiger partial charge in [0.2, 0.25) is 0 Å². The number of hydrogen-bond acceptors (Lipinski definition) is 9. The number of benzene rings is 9. The molecule has 9 aromatic carbocycles. The molecule has 0 fully saturated rings. The molecule has 0 bridgehead atoms. The molecule has 9 aromatic rings. The largest absolute Gasteiger partial charge is 0.504 e. The molecule has 9 heteroatoms. The summed E-state index contributed by atoms with van der Waals surface area (Å²) in [6.07, 6.45) is 0. The van der Waals surface area contributed by atoms with Crippen LogP contribution in [0.3, 0.4) is 0 Å². The molecule has 0 amide bonds. The predicted octanol–water partition coefficient (Wildman–Crippen LogP) is 15.7. The van der Waals surface area contributed by atoms with Crippen molar-refractivity contribution in [3.63, 3.8) is 0 Å². The highest BCUT2D eigenvalue weighted by atomic mass is 16.5. The molecule has 9 rings (SSSR count). The second-order valence-electron chi connectivity index (χ2n) is 13.9. The summed E-state index contributed by atoms with van der Waals surface area (Å²) in [7, 11) is 0. The molecule has 0 spiro atoms. The Morgan fingerprint density at radius 2 is 0.429 bits per heavy atom. The monoisotopic (exact) mass is 830 g/mol. The summed E-state index contributed by atoms with van der Waals surface area (Å²) in [4.78, 5) is 0. The van der Waals surface area contributed by atoms with E-state index in [9.17, 15) is 5.11 Å². The van der Waals surface area contributed by atoms with Crippen LogP contribution in [0.4, 0.5) is 0 Å². The molecule has 1 N–H and O–H groups in total. The van der Waals surface area contributed by atoms with Gasteiger partial charge in [0.1, 0.15) is 74.7 Å². The van der Waals surface area contributed by atoms with Crippen LogP contribution in [-0.4, -0.2) is 5.11 Å².